The Labute approximate surface area is 151 Å². The number of hydrogen-bond donors (Lipinski definition) is 1. The van der Waals surface area contributed by atoms with Crippen LogP contribution in [0.15, 0.2) is 48.5 Å². The molecule has 0 aliphatic carbocycles. The molecule has 3 rings (SSSR count). The number of anilines is 1. The molecular weight excluding hydrogens is 332 g/mol. The van der Waals surface area contributed by atoms with Crippen molar-refractivity contribution in [3.8, 4) is 5.75 Å². The second-order valence-electron chi connectivity index (χ2n) is 6.14. The first kappa shape index (κ1) is 17.7. The van der Waals surface area contributed by atoms with Crippen LogP contribution in [0, 0.1) is 0 Å². The summed E-state index contributed by atoms with van der Waals surface area (Å²) in [5.74, 6) is -0.0181. The molecule has 0 spiro atoms. The monoisotopic (exact) mass is 352 g/mol. The van der Waals surface area contributed by atoms with E-state index in [1.54, 1.807) is 53.4 Å². The molecule has 0 radical (unpaired) electrons. The Bertz CT molecular complexity index is 813. The number of ether oxygens (including phenoxy) is 1. The van der Waals surface area contributed by atoms with Crippen LogP contribution in [0.4, 0.5) is 5.69 Å². The zero-order valence-corrected chi connectivity index (χ0v) is 14.5. The van der Waals surface area contributed by atoms with E-state index in [2.05, 4.69) is 5.32 Å². The van der Waals surface area contributed by atoms with Crippen molar-refractivity contribution in [3.63, 3.8) is 0 Å². The van der Waals surface area contributed by atoms with Crippen LogP contribution in [0.25, 0.3) is 0 Å². The van der Waals surface area contributed by atoms with Gasteiger partial charge in [0.2, 0.25) is 11.8 Å². The molecule has 0 saturated carbocycles. The molecule has 2 aromatic carbocycles. The van der Waals surface area contributed by atoms with Crippen molar-refractivity contribution < 1.29 is 19.1 Å². The Kier molecular flexibility index (Phi) is 5.31. The molecule has 0 atom stereocenters. The van der Waals surface area contributed by atoms with Crippen molar-refractivity contribution in [2.75, 3.05) is 11.4 Å². The minimum Gasteiger partial charge on any atom is -0.423 e. The number of nitrogens with zero attached hydrogens (tertiary/aromatic N) is 1. The van der Waals surface area contributed by atoms with Gasteiger partial charge in [0.25, 0.3) is 0 Å². The van der Waals surface area contributed by atoms with Gasteiger partial charge in [0.05, 0.1) is 5.56 Å². The number of nitrogens with one attached hydrogen (secondary N) is 1. The van der Waals surface area contributed by atoms with E-state index >= 15 is 0 Å². The molecule has 26 heavy (non-hydrogen) atoms. The zero-order chi connectivity index (χ0) is 18.5. The average Bonchev–Trinajstić information content (AvgIpc) is 3.07. The highest BCUT2D eigenvalue weighted by atomic mass is 16.5. The van der Waals surface area contributed by atoms with Crippen LogP contribution < -0.4 is 15.0 Å². The van der Waals surface area contributed by atoms with E-state index in [1.807, 2.05) is 0 Å². The third-order valence-corrected chi connectivity index (χ3v) is 4.16. The van der Waals surface area contributed by atoms with Crippen molar-refractivity contribution >= 4 is 23.5 Å². The summed E-state index contributed by atoms with van der Waals surface area (Å²) in [6, 6.07) is 13.8. The van der Waals surface area contributed by atoms with E-state index in [4.69, 9.17) is 4.74 Å². The lowest BCUT2D eigenvalue weighted by Gasteiger charge is -2.15. The molecule has 1 aliphatic rings. The van der Waals surface area contributed by atoms with E-state index in [9.17, 15) is 14.4 Å². The van der Waals surface area contributed by atoms with Gasteiger partial charge in [-0.3, -0.25) is 9.59 Å². The Hall–Kier alpha value is -3.15. The fourth-order valence-electron chi connectivity index (χ4n) is 2.77. The fourth-order valence-corrected chi connectivity index (χ4v) is 2.77. The number of benzene rings is 2. The minimum atomic E-state index is -0.457. The van der Waals surface area contributed by atoms with Gasteiger partial charge in [-0.1, -0.05) is 12.1 Å². The summed E-state index contributed by atoms with van der Waals surface area (Å²) in [6.07, 6.45) is 1.45. The quantitative estimate of drug-likeness (QED) is 0.663. The zero-order valence-electron chi connectivity index (χ0n) is 14.5. The maximum absolute atomic E-state index is 12.2. The van der Waals surface area contributed by atoms with Crippen LogP contribution in [0.1, 0.15) is 35.7 Å². The first-order valence-corrected chi connectivity index (χ1v) is 8.49. The molecule has 1 N–H and O–H groups in total. The maximum atomic E-state index is 12.2. The van der Waals surface area contributed by atoms with Gasteiger partial charge < -0.3 is 15.0 Å². The van der Waals surface area contributed by atoms with Crippen LogP contribution in [0.3, 0.4) is 0 Å². The third kappa shape index (κ3) is 4.27. The summed E-state index contributed by atoms with van der Waals surface area (Å²) in [5.41, 5.74) is 2.14. The summed E-state index contributed by atoms with van der Waals surface area (Å²) in [5, 5.41) is 2.70. The van der Waals surface area contributed by atoms with Crippen molar-refractivity contribution in [2.45, 2.75) is 26.3 Å². The standard InChI is InChI=1S/C20H20N2O4/c1-14(23)21-13-15-4-6-16(7-5-15)20(25)26-18-10-8-17(9-11-18)22-12-2-3-19(22)24/h4-11H,2-3,12-13H2,1H3,(H,21,23). The molecule has 0 aromatic heterocycles. The van der Waals surface area contributed by atoms with E-state index in [-0.39, 0.29) is 11.8 Å². The van der Waals surface area contributed by atoms with Crippen LogP contribution in [0.2, 0.25) is 0 Å². The molecular formula is C20H20N2O4. The van der Waals surface area contributed by atoms with Gasteiger partial charge in [-0.25, -0.2) is 4.79 Å². The van der Waals surface area contributed by atoms with Crippen LogP contribution >= 0.6 is 0 Å². The van der Waals surface area contributed by atoms with Crippen molar-refractivity contribution in [2.24, 2.45) is 0 Å². The molecule has 134 valence electrons. The fraction of sp³-hybridized carbons (Fsp3) is 0.250. The Morgan fingerprint density at radius 1 is 1.08 bits per heavy atom. The van der Waals surface area contributed by atoms with Gasteiger partial charge >= 0.3 is 5.97 Å². The van der Waals surface area contributed by atoms with Crippen molar-refractivity contribution in [1.29, 1.82) is 0 Å². The predicted molar refractivity (Wildman–Crippen MR) is 97.0 cm³/mol. The highest BCUT2D eigenvalue weighted by molar-refractivity contribution is 5.95. The summed E-state index contributed by atoms with van der Waals surface area (Å²) < 4.78 is 5.37. The van der Waals surface area contributed by atoms with Gasteiger partial charge in [0, 0.05) is 32.1 Å². The highest BCUT2D eigenvalue weighted by Gasteiger charge is 2.21. The summed E-state index contributed by atoms with van der Waals surface area (Å²) in [7, 11) is 0. The topological polar surface area (TPSA) is 75.7 Å². The Morgan fingerprint density at radius 3 is 2.35 bits per heavy atom. The lowest BCUT2D eigenvalue weighted by molar-refractivity contribution is -0.119. The molecule has 0 unspecified atom stereocenters. The van der Waals surface area contributed by atoms with Gasteiger partial charge in [-0.05, 0) is 48.4 Å². The largest absolute Gasteiger partial charge is 0.423 e. The second kappa shape index (κ2) is 7.82. The molecule has 1 aliphatic heterocycles. The Balaban J connectivity index is 1.60. The highest BCUT2D eigenvalue weighted by Crippen LogP contribution is 2.24. The molecule has 1 saturated heterocycles. The molecule has 2 aromatic rings. The second-order valence-corrected chi connectivity index (χ2v) is 6.14. The first-order valence-electron chi connectivity index (χ1n) is 8.49. The number of carbonyl (C=O) groups is 3. The van der Waals surface area contributed by atoms with Crippen molar-refractivity contribution in [1.82, 2.24) is 5.32 Å². The third-order valence-electron chi connectivity index (χ3n) is 4.16. The lowest BCUT2D eigenvalue weighted by Crippen LogP contribution is -2.23. The van der Waals surface area contributed by atoms with E-state index < -0.39 is 5.97 Å². The lowest BCUT2D eigenvalue weighted by atomic mass is 10.1. The van der Waals surface area contributed by atoms with Gasteiger partial charge in [0.1, 0.15) is 5.75 Å². The molecule has 6 nitrogen and oxygen atoms in total. The summed E-state index contributed by atoms with van der Waals surface area (Å²) in [6.45, 7) is 2.60. The van der Waals surface area contributed by atoms with E-state index in [0.717, 1.165) is 24.2 Å². The number of amides is 2. The minimum absolute atomic E-state index is 0.104. The number of esters is 1. The van der Waals surface area contributed by atoms with Gasteiger partial charge in [-0.2, -0.15) is 0 Å². The first-order chi connectivity index (χ1) is 12.5. The molecule has 1 heterocycles. The molecule has 6 heteroatoms. The number of rotatable bonds is 5. The smallest absolute Gasteiger partial charge is 0.343 e. The maximum Gasteiger partial charge on any atom is 0.343 e. The number of carbonyl (C=O) groups excluding carboxylic acids is 3. The Morgan fingerprint density at radius 2 is 1.77 bits per heavy atom. The van der Waals surface area contributed by atoms with E-state index in [0.29, 0.717) is 24.3 Å². The predicted octanol–water partition coefficient (Wildman–Crippen LogP) is 2.67. The van der Waals surface area contributed by atoms with Gasteiger partial charge in [0.15, 0.2) is 0 Å². The van der Waals surface area contributed by atoms with Crippen molar-refractivity contribution in [3.05, 3.63) is 59.7 Å². The van der Waals surface area contributed by atoms with E-state index in [1.165, 1.54) is 6.92 Å². The van der Waals surface area contributed by atoms with Crippen LogP contribution in [-0.2, 0) is 16.1 Å². The van der Waals surface area contributed by atoms with Crippen LogP contribution in [-0.4, -0.2) is 24.3 Å². The van der Waals surface area contributed by atoms with Gasteiger partial charge in [-0.15, -0.1) is 0 Å². The summed E-state index contributed by atoms with van der Waals surface area (Å²) in [4.78, 5) is 36.6. The molecule has 2 amide bonds. The molecule has 0 bridgehead atoms. The summed E-state index contributed by atoms with van der Waals surface area (Å²) >= 11 is 0. The molecule has 1 fully saturated rings. The average molecular weight is 352 g/mol. The van der Waals surface area contributed by atoms with Crippen LogP contribution in [0.5, 0.6) is 5.75 Å². The number of hydrogen-bond acceptors (Lipinski definition) is 4. The normalized spacial score (nSPS) is 13.6. The SMILES string of the molecule is CC(=O)NCc1ccc(C(=O)Oc2ccc(N3CCCC3=O)cc2)cc1.